The molecule has 76 valence electrons. The average Bonchev–Trinajstić information content (AvgIpc) is 1.50. The number of rotatable bonds is 0. The maximum Gasteiger partial charge on any atom is 0.0785 e. The topological polar surface area (TPSA) is 30.0 Å². The molecule has 0 spiro atoms. The molecule has 0 amide bonds. The van der Waals surface area contributed by atoms with Gasteiger partial charge in [0.15, 0.2) is 0 Å². The fourth-order valence-electron chi connectivity index (χ4n) is 0. The van der Waals surface area contributed by atoms with Crippen LogP contribution in [0.15, 0.2) is 0 Å². The molecular weight excluding hydrogens is 145 g/mol. The van der Waals surface area contributed by atoms with E-state index < -0.39 is 0 Å². The Hall–Kier alpha value is -0.250. The van der Waals surface area contributed by atoms with Crippen molar-refractivity contribution in [1.82, 2.24) is 0 Å². The van der Waals surface area contributed by atoms with Gasteiger partial charge in [0, 0.05) is 0 Å². The zero-order valence-electron chi connectivity index (χ0n) is 3.61. The fraction of sp³-hybridized carbons (Fsp3) is 1.00. The van der Waals surface area contributed by atoms with Crippen LogP contribution in [0.1, 0.15) is 29.7 Å². The van der Waals surface area contributed by atoms with E-state index in [2.05, 4.69) is 0 Å². The van der Waals surface area contributed by atoms with Crippen molar-refractivity contribution in [1.29, 1.82) is 0 Å². The zero-order chi connectivity index (χ0) is 4.00. The lowest BCUT2D eigenvalue weighted by atomic mass is 11.9. The summed E-state index contributed by atoms with van der Waals surface area (Å²) in [7, 11) is 1.00. The monoisotopic (exact) mass is 169 g/mol. The maximum absolute atomic E-state index is 9.50. The molecule has 0 saturated carbocycles. The van der Waals surface area contributed by atoms with Gasteiger partial charge in [-0.1, -0.05) is 29.7 Å². The third kappa shape index (κ3) is 5650. The van der Waals surface area contributed by atoms with Crippen LogP contribution in [0.3, 0.4) is 0 Å². The lowest BCUT2D eigenvalue weighted by molar-refractivity contribution is 0.635. The Morgan fingerprint density at radius 1 is 0.600 bits per heavy atom. The highest BCUT2D eigenvalue weighted by Gasteiger charge is 0.928. The number of hydrogen-bond acceptors (Lipinski definition) is 1. The summed E-state index contributed by atoms with van der Waals surface area (Å²) in [4.78, 5) is 0. The Morgan fingerprint density at radius 3 is 0.600 bits per heavy atom. The van der Waals surface area contributed by atoms with Crippen LogP contribution in [-0.4, -0.2) is 19.8 Å². The van der Waals surface area contributed by atoms with Gasteiger partial charge in [0.2, 0.25) is 0 Å². The Balaban J connectivity index is -0.000000000833. The molecule has 0 aliphatic heterocycles. The van der Waals surface area contributed by atoms with Crippen LogP contribution in [0, 0.1) is 0 Å². The molecule has 0 heterocycles. The standard InChI is InChI=1S/2CH3F.4CH4.FH.H2O/c2*1-2;;;;;;/h2*1H3;4*1H4;1H;1H2/p-1. The summed E-state index contributed by atoms with van der Waals surface area (Å²) < 4.78 is 19.0. The highest BCUT2D eigenvalue weighted by atomic mass is 19.1. The van der Waals surface area contributed by atoms with Gasteiger partial charge in [-0.05, 0) is 0 Å². The number of hydrogen-bond donors (Lipinski definition) is 0. The first kappa shape index (κ1) is 244. The molecule has 10 heavy (non-hydrogen) atoms. The van der Waals surface area contributed by atoms with Gasteiger partial charge in [-0.15, -0.1) is 0 Å². The third-order valence-electron chi connectivity index (χ3n) is 0. The van der Waals surface area contributed by atoms with Crippen LogP contribution in [0.25, 0.3) is 0 Å². The van der Waals surface area contributed by atoms with Crippen LogP contribution in [0.2, 0.25) is 0 Å². The van der Waals surface area contributed by atoms with Crippen molar-refractivity contribution < 1.29 is 19.0 Å². The molecule has 0 unspecified atom stereocenters. The molecule has 1 N–H and O–H groups in total. The van der Waals surface area contributed by atoms with E-state index in [1.165, 1.54) is 0 Å². The minimum absolute atomic E-state index is 0. The summed E-state index contributed by atoms with van der Waals surface area (Å²) in [6.45, 7) is 0. The Morgan fingerprint density at radius 2 is 0.600 bits per heavy atom. The predicted molar refractivity (Wildman–Crippen MR) is 45.4 cm³/mol. The Labute approximate surface area is 64.1 Å². The summed E-state index contributed by atoms with van der Waals surface area (Å²) in [6, 6.07) is 0. The summed E-state index contributed by atoms with van der Waals surface area (Å²) >= 11 is 0. The molecule has 0 aliphatic rings. The minimum Gasteiger partial charge on any atom is -0.870 e. The van der Waals surface area contributed by atoms with Gasteiger partial charge in [0.25, 0.3) is 0 Å². The Bertz CT molecular complexity index is 13.0. The van der Waals surface area contributed by atoms with Crippen LogP contribution in [0.4, 0.5) is 13.5 Å². The summed E-state index contributed by atoms with van der Waals surface area (Å²) in [5.41, 5.74) is 0. The van der Waals surface area contributed by atoms with E-state index in [0.29, 0.717) is 14.4 Å². The van der Waals surface area contributed by atoms with E-state index in [0.717, 1.165) is 0 Å². The van der Waals surface area contributed by atoms with E-state index in [-0.39, 0.29) is 39.9 Å². The van der Waals surface area contributed by atoms with Gasteiger partial charge in [-0.3, -0.25) is 13.5 Å². The van der Waals surface area contributed by atoms with Gasteiger partial charge in [-0.25, -0.2) is 0 Å². The van der Waals surface area contributed by atoms with Crippen LogP contribution < -0.4 is 0 Å². The maximum atomic E-state index is 9.50. The van der Waals surface area contributed by atoms with E-state index in [1.807, 2.05) is 0 Å². The molecule has 0 saturated heterocycles. The molecule has 4 heteroatoms. The molecule has 0 rings (SSSR count). The van der Waals surface area contributed by atoms with Crippen LogP contribution in [0.5, 0.6) is 0 Å². The van der Waals surface area contributed by atoms with Gasteiger partial charge in [0.05, 0.1) is 14.4 Å². The smallest absolute Gasteiger partial charge is 0.0785 e. The lowest BCUT2D eigenvalue weighted by Crippen LogP contribution is -0.939. The van der Waals surface area contributed by atoms with E-state index in [4.69, 9.17) is 0 Å². The number of alkyl halides is 2. The SMILES string of the molecule is C.C.C.C.CF.CF.F.[OH-]. The summed E-state index contributed by atoms with van der Waals surface area (Å²) in [5.74, 6) is 0. The number of halogens is 3. The molecule has 0 fully saturated rings. The van der Waals surface area contributed by atoms with Crippen molar-refractivity contribution in [3.63, 3.8) is 0 Å². The first-order valence-electron chi connectivity index (χ1n) is 0.756. The molecule has 1 nitrogen and oxygen atoms in total. The normalized spacial score (nSPS) is 1.20. The first-order valence-corrected chi connectivity index (χ1v) is 0.756. The second kappa shape index (κ2) is 8410. The van der Waals surface area contributed by atoms with Crippen molar-refractivity contribution in [2.24, 2.45) is 0 Å². The highest BCUT2D eigenvalue weighted by Crippen LogP contribution is 1.16. The molecule has 0 aromatic rings. The third-order valence-corrected chi connectivity index (χ3v) is 0. The van der Waals surface area contributed by atoms with Gasteiger partial charge in [0.1, 0.15) is 0 Å². The fourth-order valence-corrected chi connectivity index (χ4v) is 0. The van der Waals surface area contributed by atoms with Gasteiger partial charge in [-0.2, -0.15) is 0 Å². The Kier molecular flexibility index (Phi) is 205000. The summed E-state index contributed by atoms with van der Waals surface area (Å²) in [5, 5.41) is 0. The second-order valence-corrected chi connectivity index (χ2v) is 0. The second-order valence-electron chi connectivity index (χ2n) is 0. The van der Waals surface area contributed by atoms with Gasteiger partial charge >= 0.3 is 0 Å². The van der Waals surface area contributed by atoms with Crippen LogP contribution in [-0.2, 0) is 0 Å². The summed E-state index contributed by atoms with van der Waals surface area (Å²) in [6.07, 6.45) is 0. The lowest BCUT2D eigenvalue weighted by Gasteiger charge is -1.10. The van der Waals surface area contributed by atoms with Gasteiger partial charge < -0.3 is 5.48 Å². The van der Waals surface area contributed by atoms with E-state index in [1.54, 1.807) is 0 Å². The molecule has 0 radical (unpaired) electrons. The predicted octanol–water partition coefficient (Wildman–Crippen LogP) is 3.69. The zero-order valence-corrected chi connectivity index (χ0v) is 3.61. The van der Waals surface area contributed by atoms with Crippen molar-refractivity contribution in [2.45, 2.75) is 29.7 Å². The van der Waals surface area contributed by atoms with E-state index in [9.17, 15) is 8.78 Å². The molecule has 0 aromatic carbocycles. The molecule has 0 aliphatic carbocycles. The largest absolute Gasteiger partial charge is 0.870 e. The molecule has 0 bridgehead atoms. The van der Waals surface area contributed by atoms with E-state index >= 15 is 0 Å². The molecular formula is C6H24F3O-. The van der Waals surface area contributed by atoms with Crippen LogP contribution >= 0.6 is 0 Å². The minimum atomic E-state index is 0. The van der Waals surface area contributed by atoms with Crippen molar-refractivity contribution in [3.05, 3.63) is 0 Å². The molecule has 0 atom stereocenters. The quantitative estimate of drug-likeness (QED) is 0.544. The molecule has 0 aromatic heterocycles. The van der Waals surface area contributed by atoms with Crippen molar-refractivity contribution >= 4 is 0 Å². The first-order chi connectivity index (χ1) is 2.00. The van der Waals surface area contributed by atoms with Crippen molar-refractivity contribution in [2.75, 3.05) is 14.4 Å². The average molecular weight is 169 g/mol. The van der Waals surface area contributed by atoms with Crippen molar-refractivity contribution in [3.8, 4) is 0 Å². The highest BCUT2D eigenvalue weighted by molar-refractivity contribution is 3.23.